The van der Waals surface area contributed by atoms with Gasteiger partial charge in [-0.2, -0.15) is 0 Å². The second kappa shape index (κ2) is 9.12. The fourth-order valence-electron chi connectivity index (χ4n) is 1.61. The number of carbonyl (C=O) groups is 1. The number of aryl methyl sites for hydroxylation is 1. The van der Waals surface area contributed by atoms with Crippen LogP contribution in [0, 0.1) is 13.8 Å². The maximum absolute atomic E-state index is 11.6. The molecular formula is C12H22ClN3O2S. The summed E-state index contributed by atoms with van der Waals surface area (Å²) in [4.78, 5) is 24.2. The predicted octanol–water partition coefficient (Wildman–Crippen LogP) is 1.06. The van der Waals surface area contributed by atoms with Gasteiger partial charge in [0.05, 0.1) is 0 Å². The number of nitrogens with one attached hydrogen (secondary N) is 2. The largest absolute Gasteiger partial charge is 0.355 e. The zero-order chi connectivity index (χ0) is 13.5. The maximum atomic E-state index is 11.6. The molecular weight excluding hydrogens is 286 g/mol. The summed E-state index contributed by atoms with van der Waals surface area (Å²) in [7, 11) is 0. The molecule has 1 heterocycles. The lowest BCUT2D eigenvalue weighted by Crippen LogP contribution is -2.32. The summed E-state index contributed by atoms with van der Waals surface area (Å²) in [6.07, 6.45) is 0.350. The third-order valence-corrected chi connectivity index (χ3v) is 3.81. The molecule has 7 heteroatoms. The van der Waals surface area contributed by atoms with Crippen molar-refractivity contribution in [3.63, 3.8) is 0 Å². The highest BCUT2D eigenvalue weighted by atomic mass is 35.5. The molecule has 1 aromatic heterocycles. The van der Waals surface area contributed by atoms with Gasteiger partial charge in [0, 0.05) is 36.6 Å². The molecule has 0 unspecified atom stereocenters. The van der Waals surface area contributed by atoms with E-state index in [1.165, 1.54) is 11.3 Å². The van der Waals surface area contributed by atoms with Gasteiger partial charge in [-0.25, -0.2) is 0 Å². The molecule has 110 valence electrons. The van der Waals surface area contributed by atoms with Gasteiger partial charge in [-0.1, -0.05) is 18.3 Å². The molecule has 0 saturated heterocycles. The number of hydrogen-bond donors (Lipinski definition) is 2. The van der Waals surface area contributed by atoms with Crippen molar-refractivity contribution in [1.29, 1.82) is 0 Å². The molecule has 5 nitrogen and oxygen atoms in total. The third kappa shape index (κ3) is 5.76. The number of likely N-dealkylation sites (N-methyl/N-ethyl adjacent to an activating group) is 1. The quantitative estimate of drug-likeness (QED) is 0.741. The fourth-order valence-corrected chi connectivity index (χ4v) is 2.47. The predicted molar refractivity (Wildman–Crippen MR) is 81.5 cm³/mol. The summed E-state index contributed by atoms with van der Waals surface area (Å²) in [5.41, 5.74) is 0.963. The zero-order valence-corrected chi connectivity index (χ0v) is 13.2. The van der Waals surface area contributed by atoms with Gasteiger partial charge in [0.15, 0.2) is 0 Å². The van der Waals surface area contributed by atoms with Crippen LogP contribution in [0.15, 0.2) is 4.79 Å². The lowest BCUT2D eigenvalue weighted by molar-refractivity contribution is -0.121. The second-order valence-electron chi connectivity index (χ2n) is 4.11. The van der Waals surface area contributed by atoms with Crippen LogP contribution in [-0.4, -0.2) is 30.1 Å². The summed E-state index contributed by atoms with van der Waals surface area (Å²) in [5.74, 6) is -0.0111. The summed E-state index contributed by atoms with van der Waals surface area (Å²) < 4.78 is 1.67. The van der Waals surface area contributed by atoms with Crippen LogP contribution >= 0.6 is 23.7 Å². The first-order valence-electron chi connectivity index (χ1n) is 6.20. The Balaban J connectivity index is 0.00000324. The normalized spacial score (nSPS) is 10.1. The average Bonchev–Trinajstić information content (AvgIpc) is 2.57. The molecule has 19 heavy (non-hydrogen) atoms. The topological polar surface area (TPSA) is 63.1 Å². The van der Waals surface area contributed by atoms with Crippen LogP contribution in [0.1, 0.15) is 23.9 Å². The third-order valence-electron chi connectivity index (χ3n) is 2.81. The molecule has 0 radical (unpaired) electrons. The minimum atomic E-state index is -0.0111. The average molecular weight is 308 g/mol. The number of carbonyl (C=O) groups excluding carboxylic acids is 1. The monoisotopic (exact) mass is 307 g/mol. The maximum Gasteiger partial charge on any atom is 0.307 e. The molecule has 1 rings (SSSR count). The van der Waals surface area contributed by atoms with Crippen LogP contribution in [0.25, 0.3) is 0 Å². The smallest absolute Gasteiger partial charge is 0.307 e. The molecule has 0 aliphatic carbocycles. The highest BCUT2D eigenvalue weighted by Gasteiger charge is 2.08. The molecule has 2 N–H and O–H groups in total. The highest BCUT2D eigenvalue weighted by molar-refractivity contribution is 7.09. The number of nitrogens with zero attached hydrogens (tertiary/aromatic N) is 1. The van der Waals surface area contributed by atoms with Crippen molar-refractivity contribution in [2.24, 2.45) is 0 Å². The summed E-state index contributed by atoms with van der Waals surface area (Å²) in [6, 6.07) is 0. The van der Waals surface area contributed by atoms with Gasteiger partial charge in [0.1, 0.15) is 0 Å². The number of hydrogen-bond acceptors (Lipinski definition) is 4. The number of rotatable bonds is 7. The van der Waals surface area contributed by atoms with E-state index in [1.54, 1.807) is 4.57 Å². The summed E-state index contributed by atoms with van der Waals surface area (Å²) >= 11 is 1.24. The van der Waals surface area contributed by atoms with Crippen LogP contribution in [0.5, 0.6) is 0 Å². The molecule has 0 bridgehead atoms. The van der Waals surface area contributed by atoms with Gasteiger partial charge in [0.2, 0.25) is 5.91 Å². The van der Waals surface area contributed by atoms with Crippen LogP contribution in [0.2, 0.25) is 0 Å². The van der Waals surface area contributed by atoms with E-state index in [9.17, 15) is 9.59 Å². The first-order valence-corrected chi connectivity index (χ1v) is 7.02. The van der Waals surface area contributed by atoms with E-state index in [4.69, 9.17) is 0 Å². The van der Waals surface area contributed by atoms with Crippen molar-refractivity contribution in [3.8, 4) is 0 Å². The van der Waals surface area contributed by atoms with Crippen LogP contribution in [0.4, 0.5) is 0 Å². The molecule has 0 saturated carbocycles. The van der Waals surface area contributed by atoms with Gasteiger partial charge in [-0.3, -0.25) is 9.59 Å². The minimum Gasteiger partial charge on any atom is -0.355 e. The van der Waals surface area contributed by atoms with E-state index in [-0.39, 0.29) is 23.2 Å². The Hall–Kier alpha value is -0.850. The molecule has 0 aliphatic rings. The van der Waals surface area contributed by atoms with Gasteiger partial charge < -0.3 is 15.2 Å². The van der Waals surface area contributed by atoms with Crippen LogP contribution < -0.4 is 15.5 Å². The number of aromatic nitrogens is 1. The summed E-state index contributed by atoms with van der Waals surface area (Å²) in [5, 5.41) is 5.95. The minimum absolute atomic E-state index is 0. The molecule has 1 aromatic rings. The van der Waals surface area contributed by atoms with Crippen molar-refractivity contribution in [1.82, 2.24) is 15.2 Å². The zero-order valence-electron chi connectivity index (χ0n) is 11.6. The molecule has 0 aromatic carbocycles. The summed E-state index contributed by atoms with van der Waals surface area (Å²) in [6.45, 7) is 8.63. The van der Waals surface area contributed by atoms with E-state index in [0.717, 1.165) is 23.7 Å². The van der Waals surface area contributed by atoms with E-state index >= 15 is 0 Å². The Bertz CT molecular complexity index is 456. The van der Waals surface area contributed by atoms with Gasteiger partial charge in [-0.05, 0) is 20.4 Å². The van der Waals surface area contributed by atoms with E-state index in [1.807, 2.05) is 20.8 Å². The van der Waals surface area contributed by atoms with E-state index in [0.29, 0.717) is 19.5 Å². The Morgan fingerprint density at radius 1 is 1.32 bits per heavy atom. The lowest BCUT2D eigenvalue weighted by atomic mass is 10.3. The number of halogens is 1. The Morgan fingerprint density at radius 3 is 2.53 bits per heavy atom. The number of amides is 1. The molecule has 1 amide bonds. The van der Waals surface area contributed by atoms with Crippen molar-refractivity contribution in [2.45, 2.75) is 33.7 Å². The highest BCUT2D eigenvalue weighted by Crippen LogP contribution is 2.09. The van der Waals surface area contributed by atoms with Crippen LogP contribution in [-0.2, 0) is 11.3 Å². The fraction of sp³-hybridized carbons (Fsp3) is 0.667. The molecule has 0 aliphatic heterocycles. The molecule has 0 fully saturated rings. The van der Waals surface area contributed by atoms with Gasteiger partial charge >= 0.3 is 4.87 Å². The van der Waals surface area contributed by atoms with Crippen molar-refractivity contribution in [2.75, 3.05) is 19.6 Å². The first-order chi connectivity index (χ1) is 8.56. The SMILES string of the molecule is CCNCCNC(=O)CCn1c(C)c(C)sc1=O.Cl. The Kier molecular flexibility index (Phi) is 8.71. The van der Waals surface area contributed by atoms with Crippen molar-refractivity contribution >= 4 is 29.7 Å². The Labute approximate surface area is 123 Å². The Morgan fingerprint density at radius 2 is 2.00 bits per heavy atom. The molecule has 0 atom stereocenters. The van der Waals surface area contributed by atoms with Gasteiger partial charge in [-0.15, -0.1) is 12.4 Å². The van der Waals surface area contributed by atoms with Gasteiger partial charge in [0.25, 0.3) is 0 Å². The number of thiazole rings is 1. The standard InChI is InChI=1S/C12H21N3O2S.ClH/c1-4-13-6-7-14-11(16)5-8-15-9(2)10(3)18-12(15)17;/h13H,4-8H2,1-3H3,(H,14,16);1H. The molecule has 0 spiro atoms. The first kappa shape index (κ1) is 18.1. The van der Waals surface area contributed by atoms with Crippen molar-refractivity contribution < 1.29 is 4.79 Å². The van der Waals surface area contributed by atoms with Crippen LogP contribution in [0.3, 0.4) is 0 Å². The van der Waals surface area contributed by atoms with E-state index in [2.05, 4.69) is 10.6 Å². The van der Waals surface area contributed by atoms with Crippen molar-refractivity contribution in [3.05, 3.63) is 20.2 Å². The van der Waals surface area contributed by atoms with E-state index < -0.39 is 0 Å². The lowest BCUT2D eigenvalue weighted by Gasteiger charge is -2.07. The second-order valence-corrected chi connectivity index (χ2v) is 5.28.